The Morgan fingerprint density at radius 3 is 2.25 bits per heavy atom. The zero-order valence-electron chi connectivity index (χ0n) is 12.5. The highest BCUT2D eigenvalue weighted by Gasteiger charge is 2.30. The van der Waals surface area contributed by atoms with Crippen LogP contribution in [0.4, 0.5) is 0 Å². The van der Waals surface area contributed by atoms with Crippen LogP contribution in [-0.2, 0) is 18.8 Å². The zero-order valence-corrected chi connectivity index (χ0v) is 14.3. The lowest BCUT2D eigenvalue weighted by Crippen LogP contribution is -2.10. The van der Waals surface area contributed by atoms with Crippen molar-refractivity contribution in [2.45, 2.75) is 18.7 Å². The van der Waals surface area contributed by atoms with E-state index in [2.05, 4.69) is 10.7 Å². The van der Waals surface area contributed by atoms with Gasteiger partial charge in [0.15, 0.2) is 12.2 Å². The van der Waals surface area contributed by atoms with Crippen LogP contribution in [-0.4, -0.2) is 38.3 Å². The molecule has 0 aliphatic carbocycles. The van der Waals surface area contributed by atoms with Gasteiger partial charge in [-0.2, -0.15) is 5.90 Å². The van der Waals surface area contributed by atoms with E-state index in [0.29, 0.717) is 0 Å². The third-order valence-electron chi connectivity index (χ3n) is 2.95. The van der Waals surface area contributed by atoms with Crippen LogP contribution in [0.15, 0.2) is 24.3 Å². The van der Waals surface area contributed by atoms with E-state index in [1.54, 1.807) is 0 Å². The Kier molecular flexibility index (Phi) is 7.56. The van der Waals surface area contributed by atoms with Gasteiger partial charge in [0.05, 0.1) is 0 Å². The van der Waals surface area contributed by atoms with E-state index in [-0.39, 0.29) is 30.3 Å². The Morgan fingerprint density at radius 2 is 1.75 bits per heavy atom. The van der Waals surface area contributed by atoms with Crippen molar-refractivity contribution >= 4 is 20.9 Å². The molecule has 6 N–H and O–H groups in total. The molecule has 0 radical (unpaired) electrons. The number of carbonyl (C=O) groups is 1. The van der Waals surface area contributed by atoms with Crippen LogP contribution in [0.3, 0.4) is 0 Å². The molecule has 2 atom stereocenters. The van der Waals surface area contributed by atoms with E-state index in [1.165, 1.54) is 24.3 Å². The number of hydrogen-bond acceptors (Lipinski definition) is 7. The summed E-state index contributed by atoms with van der Waals surface area (Å²) in [5.41, 5.74) is 0.130. The summed E-state index contributed by atoms with van der Waals surface area (Å²) >= 11 is 0. The molecule has 0 saturated carbocycles. The van der Waals surface area contributed by atoms with Crippen molar-refractivity contribution in [1.82, 2.24) is 0 Å². The second kappa shape index (κ2) is 8.73. The van der Waals surface area contributed by atoms with Gasteiger partial charge in [-0.3, -0.25) is 13.9 Å². The minimum atomic E-state index is -4.31. The van der Waals surface area contributed by atoms with Crippen molar-refractivity contribution in [3.05, 3.63) is 29.8 Å². The first-order chi connectivity index (χ1) is 11.0. The van der Waals surface area contributed by atoms with Gasteiger partial charge >= 0.3 is 13.6 Å². The van der Waals surface area contributed by atoms with Crippen LogP contribution in [0.25, 0.3) is 0 Å². The van der Waals surface area contributed by atoms with Crippen LogP contribution < -0.4 is 10.6 Å². The number of nitrogens with two attached hydrogens (primary N) is 1. The molecule has 0 bridgehead atoms. The molecule has 1 aromatic rings. The maximum absolute atomic E-state index is 12.1. The highest BCUT2D eigenvalue weighted by Crippen LogP contribution is 2.54. The van der Waals surface area contributed by atoms with E-state index in [4.69, 9.17) is 14.5 Å². The van der Waals surface area contributed by atoms with Crippen molar-refractivity contribution in [2.24, 2.45) is 5.90 Å². The highest BCUT2D eigenvalue weighted by molar-refractivity contribution is 7.58. The molecule has 0 heterocycles. The first kappa shape index (κ1) is 20.8. The lowest BCUT2D eigenvalue weighted by molar-refractivity contribution is -0.144. The third-order valence-corrected chi connectivity index (χ3v) is 5.44. The first-order valence-corrected chi connectivity index (χ1v) is 10.4. The average Bonchev–Trinajstić information content (AvgIpc) is 2.51. The van der Waals surface area contributed by atoms with Gasteiger partial charge in [-0.15, -0.1) is 0 Å². The molecule has 12 heteroatoms. The van der Waals surface area contributed by atoms with Crippen molar-refractivity contribution in [3.8, 4) is 5.75 Å². The standard InChI is InChI=1S/C12H19NO9P2/c13-22-11(14)2-1-7-23(16,17)12(15)9-3-5-10(6-4-9)21-8-24(18,19)20/h3-6,12,15H,1-2,7-8,13H2,(H,16,17)(H2,18,19,20)/t12-/m0/s1. The Hall–Kier alpha value is -1.25. The van der Waals surface area contributed by atoms with Gasteiger partial charge < -0.3 is 29.4 Å². The predicted molar refractivity (Wildman–Crippen MR) is 83.1 cm³/mol. The molecule has 0 saturated heterocycles. The number of ether oxygens (including phenoxy) is 1. The van der Waals surface area contributed by atoms with Crippen molar-refractivity contribution in [1.29, 1.82) is 0 Å². The lowest BCUT2D eigenvalue weighted by Gasteiger charge is -2.18. The first-order valence-electron chi connectivity index (χ1n) is 6.71. The fourth-order valence-corrected chi connectivity index (χ4v) is 3.57. The molecular formula is C12H19NO9P2. The summed E-state index contributed by atoms with van der Waals surface area (Å²) in [5.74, 6) is 2.39. The predicted octanol–water partition coefficient (Wildman–Crippen LogP) is 0.659. The molecule has 10 nitrogen and oxygen atoms in total. The van der Waals surface area contributed by atoms with Gasteiger partial charge in [0.1, 0.15) is 5.75 Å². The number of rotatable bonds is 9. The molecule has 1 aromatic carbocycles. The van der Waals surface area contributed by atoms with Gasteiger partial charge in [0, 0.05) is 12.6 Å². The van der Waals surface area contributed by atoms with Gasteiger partial charge in [-0.05, 0) is 24.1 Å². The summed E-state index contributed by atoms with van der Waals surface area (Å²) in [6, 6.07) is 5.22. The monoisotopic (exact) mass is 383 g/mol. The Bertz CT molecular complexity index is 642. The number of aliphatic hydroxyl groups is 1. The lowest BCUT2D eigenvalue weighted by atomic mass is 10.2. The maximum atomic E-state index is 12.1. The van der Waals surface area contributed by atoms with Crippen molar-refractivity contribution in [3.63, 3.8) is 0 Å². The van der Waals surface area contributed by atoms with Crippen molar-refractivity contribution < 1.29 is 43.3 Å². The Balaban J connectivity index is 2.65. The van der Waals surface area contributed by atoms with Crippen LogP contribution >= 0.6 is 15.0 Å². The third kappa shape index (κ3) is 7.11. The summed E-state index contributed by atoms with van der Waals surface area (Å²) in [6.45, 7) is 0. The topological polar surface area (TPSA) is 177 Å². The maximum Gasteiger partial charge on any atom is 0.362 e. The molecule has 0 aliphatic rings. The zero-order chi connectivity index (χ0) is 18.4. The second-order valence-electron chi connectivity index (χ2n) is 4.95. The second-order valence-corrected chi connectivity index (χ2v) is 8.99. The minimum Gasteiger partial charge on any atom is -0.481 e. The van der Waals surface area contributed by atoms with Crippen LogP contribution in [0, 0.1) is 0 Å². The fourth-order valence-electron chi connectivity index (χ4n) is 1.76. The largest absolute Gasteiger partial charge is 0.481 e. The van der Waals surface area contributed by atoms with E-state index < -0.39 is 33.1 Å². The summed E-state index contributed by atoms with van der Waals surface area (Å²) < 4.78 is 27.7. The van der Waals surface area contributed by atoms with E-state index in [9.17, 15) is 23.9 Å². The van der Waals surface area contributed by atoms with Gasteiger partial charge in [0.2, 0.25) is 7.37 Å². The summed E-state index contributed by atoms with van der Waals surface area (Å²) in [7, 11) is -8.30. The molecule has 1 unspecified atom stereocenters. The highest BCUT2D eigenvalue weighted by atomic mass is 31.2. The molecule has 0 fully saturated rings. The van der Waals surface area contributed by atoms with E-state index in [1.807, 2.05) is 0 Å². The van der Waals surface area contributed by atoms with Gasteiger partial charge in [0.25, 0.3) is 0 Å². The van der Waals surface area contributed by atoms with Crippen molar-refractivity contribution in [2.75, 3.05) is 12.5 Å². The fraction of sp³-hybridized carbons (Fsp3) is 0.417. The smallest absolute Gasteiger partial charge is 0.362 e. The number of aliphatic hydroxyl groups excluding tert-OH is 1. The van der Waals surface area contributed by atoms with Crippen LogP contribution in [0.1, 0.15) is 24.3 Å². The number of carbonyl (C=O) groups excluding carboxylic acids is 1. The van der Waals surface area contributed by atoms with E-state index >= 15 is 0 Å². The summed E-state index contributed by atoms with van der Waals surface area (Å²) in [6.07, 6.45) is -1.24. The Morgan fingerprint density at radius 1 is 1.17 bits per heavy atom. The van der Waals surface area contributed by atoms with Crippen LogP contribution in [0.5, 0.6) is 5.75 Å². The SMILES string of the molecule is NOC(=O)CCCP(=O)(O)[C@H](O)c1ccc(OCP(=O)(O)O)cc1. The van der Waals surface area contributed by atoms with Gasteiger partial charge in [-0.25, -0.2) is 0 Å². The molecule has 1 rings (SSSR count). The summed E-state index contributed by atoms with van der Waals surface area (Å²) in [4.78, 5) is 42.1. The normalized spacial score (nSPS) is 15.4. The van der Waals surface area contributed by atoms with Crippen LogP contribution in [0.2, 0.25) is 0 Å². The molecule has 0 spiro atoms. The quantitative estimate of drug-likeness (QED) is 0.301. The molecule has 24 heavy (non-hydrogen) atoms. The average molecular weight is 383 g/mol. The number of hydrogen-bond donors (Lipinski definition) is 5. The Labute approximate surface area is 137 Å². The summed E-state index contributed by atoms with van der Waals surface area (Å²) in [5, 5.41) is 10.0. The number of benzene rings is 1. The molecule has 0 aliphatic heterocycles. The molecular weight excluding hydrogens is 364 g/mol. The molecule has 136 valence electrons. The molecule has 0 aromatic heterocycles. The van der Waals surface area contributed by atoms with E-state index in [0.717, 1.165) is 0 Å². The van der Waals surface area contributed by atoms with Gasteiger partial charge in [-0.1, -0.05) is 12.1 Å². The minimum absolute atomic E-state index is 0.0182. The molecule has 0 amide bonds.